The molecule has 1 aromatic carbocycles. The molecule has 1 atom stereocenters. The maximum atomic E-state index is 11.3. The van der Waals surface area contributed by atoms with Crippen molar-refractivity contribution in [2.75, 3.05) is 7.11 Å². The highest BCUT2D eigenvalue weighted by Gasteiger charge is 2.20. The molecule has 0 bridgehead atoms. The number of carbonyl (C=O) groups is 1. The molecular weight excluding hydrogens is 240 g/mol. The minimum atomic E-state index is -0.358. The Morgan fingerprint density at radius 3 is 2.53 bits per heavy atom. The van der Waals surface area contributed by atoms with Crippen LogP contribution in [0.3, 0.4) is 0 Å². The van der Waals surface area contributed by atoms with Gasteiger partial charge in [0.2, 0.25) is 0 Å². The third-order valence-corrected chi connectivity index (χ3v) is 3.55. The lowest BCUT2D eigenvalue weighted by atomic mass is 10.0. The van der Waals surface area contributed by atoms with Gasteiger partial charge >= 0.3 is 5.97 Å². The van der Waals surface area contributed by atoms with E-state index < -0.39 is 0 Å². The fourth-order valence-corrected chi connectivity index (χ4v) is 2.47. The number of methoxy groups -OCH3 is 1. The van der Waals surface area contributed by atoms with Gasteiger partial charge in [-0.3, -0.25) is 5.32 Å². The van der Waals surface area contributed by atoms with Crippen molar-refractivity contribution in [1.29, 1.82) is 5.26 Å². The molecule has 1 aromatic rings. The number of nitrogens with zero attached hydrogens (tertiary/aromatic N) is 1. The first kappa shape index (κ1) is 13.6. The van der Waals surface area contributed by atoms with Gasteiger partial charge in [0, 0.05) is 6.04 Å². The van der Waals surface area contributed by atoms with Crippen LogP contribution in [0.15, 0.2) is 24.3 Å². The molecular formula is C15H18N2O2. The summed E-state index contributed by atoms with van der Waals surface area (Å²) >= 11 is 0. The Kier molecular flexibility index (Phi) is 4.53. The van der Waals surface area contributed by atoms with Crippen LogP contribution in [0.25, 0.3) is 0 Å². The van der Waals surface area contributed by atoms with E-state index in [0.29, 0.717) is 11.6 Å². The first-order valence-electron chi connectivity index (χ1n) is 6.58. The van der Waals surface area contributed by atoms with E-state index in [9.17, 15) is 10.1 Å². The Labute approximate surface area is 113 Å². The van der Waals surface area contributed by atoms with E-state index >= 15 is 0 Å². The van der Waals surface area contributed by atoms with Gasteiger partial charge in [0.25, 0.3) is 0 Å². The summed E-state index contributed by atoms with van der Waals surface area (Å²) in [6.07, 6.45) is 4.74. The number of hydrogen-bond acceptors (Lipinski definition) is 4. The Morgan fingerprint density at radius 1 is 1.37 bits per heavy atom. The van der Waals surface area contributed by atoms with E-state index in [1.165, 1.54) is 20.0 Å². The molecule has 1 aliphatic rings. The van der Waals surface area contributed by atoms with Crippen LogP contribution in [0.1, 0.15) is 47.6 Å². The number of benzene rings is 1. The van der Waals surface area contributed by atoms with Crippen LogP contribution in [0.2, 0.25) is 0 Å². The molecule has 0 heterocycles. The molecule has 4 heteroatoms. The summed E-state index contributed by atoms with van der Waals surface area (Å²) in [5.74, 6) is -0.358. The first-order valence-corrected chi connectivity index (χ1v) is 6.58. The van der Waals surface area contributed by atoms with E-state index in [4.69, 9.17) is 0 Å². The van der Waals surface area contributed by atoms with E-state index in [1.54, 1.807) is 12.1 Å². The molecule has 19 heavy (non-hydrogen) atoms. The van der Waals surface area contributed by atoms with Crippen molar-refractivity contribution in [3.63, 3.8) is 0 Å². The van der Waals surface area contributed by atoms with Crippen molar-refractivity contribution < 1.29 is 9.53 Å². The SMILES string of the molecule is COC(=O)c1ccc(C(C#N)NC2CCCC2)cc1. The smallest absolute Gasteiger partial charge is 0.337 e. The number of ether oxygens (including phenoxy) is 1. The Hall–Kier alpha value is -1.86. The highest BCUT2D eigenvalue weighted by Crippen LogP contribution is 2.22. The van der Waals surface area contributed by atoms with Crippen molar-refractivity contribution in [3.8, 4) is 6.07 Å². The van der Waals surface area contributed by atoms with Crippen LogP contribution in [0, 0.1) is 11.3 Å². The molecule has 0 amide bonds. The zero-order chi connectivity index (χ0) is 13.7. The van der Waals surface area contributed by atoms with Crippen LogP contribution in [0.4, 0.5) is 0 Å². The third kappa shape index (κ3) is 3.33. The molecule has 1 unspecified atom stereocenters. The Morgan fingerprint density at radius 2 is 2.00 bits per heavy atom. The van der Waals surface area contributed by atoms with Gasteiger partial charge in [-0.25, -0.2) is 4.79 Å². The van der Waals surface area contributed by atoms with Crippen molar-refractivity contribution in [3.05, 3.63) is 35.4 Å². The molecule has 1 aliphatic carbocycles. The predicted octanol–water partition coefficient (Wildman–Crippen LogP) is 2.57. The molecule has 0 saturated heterocycles. The maximum absolute atomic E-state index is 11.3. The quantitative estimate of drug-likeness (QED) is 0.843. The number of rotatable bonds is 4. The molecule has 0 spiro atoms. The molecule has 4 nitrogen and oxygen atoms in total. The number of carbonyl (C=O) groups excluding carboxylic acids is 1. The van der Waals surface area contributed by atoms with Gasteiger partial charge in [0.1, 0.15) is 6.04 Å². The average molecular weight is 258 g/mol. The van der Waals surface area contributed by atoms with Gasteiger partial charge in [0.05, 0.1) is 18.7 Å². The zero-order valence-corrected chi connectivity index (χ0v) is 11.1. The summed E-state index contributed by atoms with van der Waals surface area (Å²) in [6.45, 7) is 0. The summed E-state index contributed by atoms with van der Waals surface area (Å²) < 4.78 is 4.65. The van der Waals surface area contributed by atoms with Gasteiger partial charge < -0.3 is 4.74 Å². The minimum Gasteiger partial charge on any atom is -0.465 e. The largest absolute Gasteiger partial charge is 0.465 e. The van der Waals surface area contributed by atoms with Gasteiger partial charge in [-0.1, -0.05) is 25.0 Å². The van der Waals surface area contributed by atoms with Crippen LogP contribution >= 0.6 is 0 Å². The van der Waals surface area contributed by atoms with Crippen LogP contribution in [-0.4, -0.2) is 19.1 Å². The number of hydrogen-bond donors (Lipinski definition) is 1. The molecule has 2 rings (SSSR count). The van der Waals surface area contributed by atoms with Gasteiger partial charge in [-0.15, -0.1) is 0 Å². The predicted molar refractivity (Wildman–Crippen MR) is 71.5 cm³/mol. The molecule has 0 aromatic heterocycles. The average Bonchev–Trinajstić information content (AvgIpc) is 2.97. The Bertz CT molecular complexity index is 470. The lowest BCUT2D eigenvalue weighted by Gasteiger charge is -2.17. The monoisotopic (exact) mass is 258 g/mol. The number of nitrogens with one attached hydrogen (secondary N) is 1. The summed E-state index contributed by atoms with van der Waals surface area (Å²) in [5, 5.41) is 12.6. The van der Waals surface area contributed by atoms with Gasteiger partial charge in [0.15, 0.2) is 0 Å². The van der Waals surface area contributed by atoms with Crippen LogP contribution < -0.4 is 5.32 Å². The van der Waals surface area contributed by atoms with E-state index in [-0.39, 0.29) is 12.0 Å². The lowest BCUT2D eigenvalue weighted by Crippen LogP contribution is -2.29. The summed E-state index contributed by atoms with van der Waals surface area (Å²) in [4.78, 5) is 11.3. The van der Waals surface area contributed by atoms with Crippen molar-refractivity contribution in [1.82, 2.24) is 5.32 Å². The molecule has 100 valence electrons. The number of esters is 1. The number of nitriles is 1. The van der Waals surface area contributed by atoms with Crippen LogP contribution in [-0.2, 0) is 4.74 Å². The fourth-order valence-electron chi connectivity index (χ4n) is 2.47. The van der Waals surface area contributed by atoms with E-state index in [2.05, 4.69) is 16.1 Å². The summed E-state index contributed by atoms with van der Waals surface area (Å²) in [6, 6.07) is 9.41. The highest BCUT2D eigenvalue weighted by molar-refractivity contribution is 5.89. The minimum absolute atomic E-state index is 0.310. The van der Waals surface area contributed by atoms with E-state index in [1.807, 2.05) is 12.1 Å². The Balaban J connectivity index is 2.06. The summed E-state index contributed by atoms with van der Waals surface area (Å²) in [5.41, 5.74) is 1.39. The van der Waals surface area contributed by atoms with Crippen molar-refractivity contribution in [2.24, 2.45) is 0 Å². The molecule has 1 N–H and O–H groups in total. The molecule has 1 saturated carbocycles. The molecule has 0 aliphatic heterocycles. The van der Waals surface area contributed by atoms with Crippen molar-refractivity contribution in [2.45, 2.75) is 37.8 Å². The summed E-state index contributed by atoms with van der Waals surface area (Å²) in [7, 11) is 1.36. The second-order valence-corrected chi connectivity index (χ2v) is 4.82. The van der Waals surface area contributed by atoms with E-state index in [0.717, 1.165) is 18.4 Å². The topological polar surface area (TPSA) is 62.1 Å². The zero-order valence-electron chi connectivity index (χ0n) is 11.1. The highest BCUT2D eigenvalue weighted by atomic mass is 16.5. The normalized spacial score (nSPS) is 16.8. The standard InChI is InChI=1S/C15H18N2O2/c1-19-15(18)12-8-6-11(7-9-12)14(10-16)17-13-4-2-3-5-13/h6-9,13-14,17H,2-5H2,1H3. The van der Waals surface area contributed by atoms with Gasteiger partial charge in [-0.05, 0) is 30.5 Å². The van der Waals surface area contributed by atoms with Crippen molar-refractivity contribution >= 4 is 5.97 Å². The second kappa shape index (κ2) is 6.35. The first-order chi connectivity index (χ1) is 9.24. The molecule has 0 radical (unpaired) electrons. The van der Waals surface area contributed by atoms with Gasteiger partial charge in [-0.2, -0.15) is 5.26 Å². The second-order valence-electron chi connectivity index (χ2n) is 4.82. The fraction of sp³-hybridized carbons (Fsp3) is 0.467. The van der Waals surface area contributed by atoms with Crippen LogP contribution in [0.5, 0.6) is 0 Å². The maximum Gasteiger partial charge on any atom is 0.337 e. The lowest BCUT2D eigenvalue weighted by molar-refractivity contribution is 0.0600. The third-order valence-electron chi connectivity index (χ3n) is 3.55. The molecule has 1 fully saturated rings.